The third-order valence-electron chi connectivity index (χ3n) is 6.01. The number of pyridine rings is 1. The minimum absolute atomic E-state index is 0.0104. The number of nitrogens with one attached hydrogen (secondary N) is 1. The molecular weight excluding hydrogens is 350 g/mol. The van der Waals surface area contributed by atoms with E-state index in [4.69, 9.17) is 0 Å². The zero-order valence-electron chi connectivity index (χ0n) is 16.3. The van der Waals surface area contributed by atoms with Gasteiger partial charge in [-0.3, -0.25) is 4.79 Å². The smallest absolute Gasteiger partial charge is 0.225 e. The van der Waals surface area contributed by atoms with Crippen molar-refractivity contribution in [3.63, 3.8) is 0 Å². The number of anilines is 1. The number of benzene rings is 1. The standard InChI is InChI=1S/C23H29N3O2/c27-21-11-9-20(10-12-21)25-23(28)19-7-4-14-26(16-19)22-13-8-18(15-24-22)17-5-2-1-3-6-17/h1-3,5-6,8,13,15,19-21,27H,4,7,9-12,14,16H2,(H,25,28)/t19-,20?,21?/m0/s1. The summed E-state index contributed by atoms with van der Waals surface area (Å²) in [5.41, 5.74) is 2.27. The van der Waals surface area contributed by atoms with Crippen LogP contribution < -0.4 is 10.2 Å². The molecule has 2 aliphatic rings. The van der Waals surface area contributed by atoms with E-state index in [-0.39, 0.29) is 24.0 Å². The normalized spacial score (nSPS) is 25.3. The lowest BCUT2D eigenvalue weighted by Crippen LogP contribution is -2.47. The minimum atomic E-state index is -0.191. The first-order valence-electron chi connectivity index (χ1n) is 10.4. The summed E-state index contributed by atoms with van der Waals surface area (Å²) in [7, 11) is 0. The number of hydrogen-bond acceptors (Lipinski definition) is 4. The van der Waals surface area contributed by atoms with Crippen LogP contribution in [0.3, 0.4) is 0 Å². The molecule has 2 heterocycles. The molecule has 5 nitrogen and oxygen atoms in total. The largest absolute Gasteiger partial charge is 0.393 e. The van der Waals surface area contributed by atoms with Gasteiger partial charge in [-0.25, -0.2) is 4.98 Å². The summed E-state index contributed by atoms with van der Waals surface area (Å²) in [6.45, 7) is 1.66. The van der Waals surface area contributed by atoms with E-state index in [1.54, 1.807) is 0 Å². The van der Waals surface area contributed by atoms with Crippen LogP contribution in [0.4, 0.5) is 5.82 Å². The topological polar surface area (TPSA) is 65.5 Å². The second kappa shape index (κ2) is 8.74. The number of aliphatic hydroxyl groups is 1. The van der Waals surface area contributed by atoms with Gasteiger partial charge in [-0.1, -0.05) is 30.3 Å². The van der Waals surface area contributed by atoms with Crippen molar-refractivity contribution in [3.8, 4) is 11.1 Å². The molecule has 0 radical (unpaired) electrons. The fraction of sp³-hybridized carbons (Fsp3) is 0.478. The molecule has 2 N–H and O–H groups in total. The van der Waals surface area contributed by atoms with Crippen molar-refractivity contribution < 1.29 is 9.90 Å². The van der Waals surface area contributed by atoms with Gasteiger partial charge in [-0.05, 0) is 56.2 Å². The second-order valence-electron chi connectivity index (χ2n) is 8.07. The Morgan fingerprint density at radius 1 is 1.00 bits per heavy atom. The second-order valence-corrected chi connectivity index (χ2v) is 8.07. The van der Waals surface area contributed by atoms with Crippen LogP contribution >= 0.6 is 0 Å². The van der Waals surface area contributed by atoms with Crippen LogP contribution in [0.2, 0.25) is 0 Å². The van der Waals surface area contributed by atoms with Crippen molar-refractivity contribution in [1.29, 1.82) is 0 Å². The Morgan fingerprint density at radius 3 is 2.50 bits per heavy atom. The summed E-state index contributed by atoms with van der Waals surface area (Å²) in [5, 5.41) is 12.9. The van der Waals surface area contributed by atoms with E-state index in [0.717, 1.165) is 68.6 Å². The number of amides is 1. The molecule has 2 fully saturated rings. The summed E-state index contributed by atoms with van der Waals surface area (Å²) >= 11 is 0. The number of carbonyl (C=O) groups is 1. The van der Waals surface area contributed by atoms with Gasteiger partial charge < -0.3 is 15.3 Å². The van der Waals surface area contributed by atoms with E-state index in [0.29, 0.717) is 0 Å². The van der Waals surface area contributed by atoms with Gasteiger partial charge in [0.05, 0.1) is 12.0 Å². The molecule has 4 rings (SSSR count). The van der Waals surface area contributed by atoms with Gasteiger partial charge in [0.1, 0.15) is 5.82 Å². The van der Waals surface area contributed by atoms with Gasteiger partial charge in [0.15, 0.2) is 0 Å². The highest BCUT2D eigenvalue weighted by Crippen LogP contribution is 2.25. The highest BCUT2D eigenvalue weighted by Gasteiger charge is 2.29. The maximum atomic E-state index is 12.7. The number of aromatic nitrogens is 1. The van der Waals surface area contributed by atoms with E-state index in [1.165, 1.54) is 0 Å². The lowest BCUT2D eigenvalue weighted by molar-refractivity contribution is -0.126. The molecule has 1 aromatic heterocycles. The number of hydrogen-bond donors (Lipinski definition) is 2. The van der Waals surface area contributed by atoms with Crippen LogP contribution in [0.5, 0.6) is 0 Å². The van der Waals surface area contributed by atoms with Crippen LogP contribution in [-0.2, 0) is 4.79 Å². The first-order chi connectivity index (χ1) is 13.7. The molecular formula is C23H29N3O2. The first kappa shape index (κ1) is 18.9. The number of aliphatic hydroxyl groups excluding tert-OH is 1. The van der Waals surface area contributed by atoms with Gasteiger partial charge in [0.25, 0.3) is 0 Å². The molecule has 1 amide bonds. The van der Waals surface area contributed by atoms with Crippen LogP contribution in [0, 0.1) is 5.92 Å². The molecule has 0 bridgehead atoms. The Labute approximate surface area is 166 Å². The molecule has 1 atom stereocenters. The monoisotopic (exact) mass is 379 g/mol. The van der Waals surface area contributed by atoms with Gasteiger partial charge >= 0.3 is 0 Å². The van der Waals surface area contributed by atoms with Crippen molar-refractivity contribution in [2.24, 2.45) is 5.92 Å². The van der Waals surface area contributed by atoms with Crippen molar-refractivity contribution in [3.05, 3.63) is 48.7 Å². The number of carbonyl (C=O) groups excluding carboxylic acids is 1. The lowest BCUT2D eigenvalue weighted by atomic mass is 9.91. The third kappa shape index (κ3) is 4.53. The third-order valence-corrected chi connectivity index (χ3v) is 6.01. The SMILES string of the molecule is O=C(NC1CCC(O)CC1)[C@H]1CCCN(c2ccc(-c3ccccc3)cn2)C1. The number of piperidine rings is 1. The summed E-state index contributed by atoms with van der Waals surface area (Å²) in [6, 6.07) is 14.6. The van der Waals surface area contributed by atoms with Crippen molar-refractivity contribution in [1.82, 2.24) is 10.3 Å². The zero-order chi connectivity index (χ0) is 19.3. The molecule has 1 saturated carbocycles. The Balaban J connectivity index is 1.36. The average Bonchev–Trinajstić information content (AvgIpc) is 2.76. The maximum absolute atomic E-state index is 12.7. The lowest BCUT2D eigenvalue weighted by Gasteiger charge is -2.34. The van der Waals surface area contributed by atoms with E-state index in [9.17, 15) is 9.90 Å². The summed E-state index contributed by atoms with van der Waals surface area (Å²) in [4.78, 5) is 19.6. The van der Waals surface area contributed by atoms with E-state index < -0.39 is 0 Å². The maximum Gasteiger partial charge on any atom is 0.225 e. The molecule has 1 saturated heterocycles. The van der Waals surface area contributed by atoms with Gasteiger partial charge in [-0.2, -0.15) is 0 Å². The van der Waals surface area contributed by atoms with E-state index >= 15 is 0 Å². The Bertz CT molecular complexity index is 770. The minimum Gasteiger partial charge on any atom is -0.393 e. The molecule has 1 aliphatic heterocycles. The van der Waals surface area contributed by atoms with E-state index in [1.807, 2.05) is 24.4 Å². The summed E-state index contributed by atoms with van der Waals surface area (Å²) in [5.74, 6) is 1.11. The Hall–Kier alpha value is -2.40. The van der Waals surface area contributed by atoms with Crippen LogP contribution in [0.1, 0.15) is 38.5 Å². The molecule has 2 aromatic rings. The molecule has 0 spiro atoms. The predicted molar refractivity (Wildman–Crippen MR) is 111 cm³/mol. The highest BCUT2D eigenvalue weighted by molar-refractivity contribution is 5.80. The molecule has 1 aliphatic carbocycles. The quantitative estimate of drug-likeness (QED) is 0.855. The van der Waals surface area contributed by atoms with Gasteiger partial charge in [0.2, 0.25) is 5.91 Å². The van der Waals surface area contributed by atoms with Crippen molar-refractivity contribution >= 4 is 11.7 Å². The van der Waals surface area contributed by atoms with Crippen LogP contribution in [-0.4, -0.2) is 41.2 Å². The van der Waals surface area contributed by atoms with Gasteiger partial charge in [-0.15, -0.1) is 0 Å². The number of rotatable bonds is 4. The number of nitrogens with zero attached hydrogens (tertiary/aromatic N) is 2. The molecule has 28 heavy (non-hydrogen) atoms. The van der Waals surface area contributed by atoms with Crippen molar-refractivity contribution in [2.45, 2.75) is 50.7 Å². The predicted octanol–water partition coefficient (Wildman–Crippen LogP) is 3.38. The Morgan fingerprint density at radius 2 is 1.79 bits per heavy atom. The average molecular weight is 380 g/mol. The first-order valence-corrected chi connectivity index (χ1v) is 10.4. The van der Waals surface area contributed by atoms with Gasteiger partial charge in [0, 0.05) is 30.9 Å². The molecule has 0 unspecified atom stereocenters. The zero-order valence-corrected chi connectivity index (χ0v) is 16.3. The molecule has 5 heteroatoms. The van der Waals surface area contributed by atoms with Crippen molar-refractivity contribution in [2.75, 3.05) is 18.0 Å². The fourth-order valence-corrected chi connectivity index (χ4v) is 4.31. The van der Waals surface area contributed by atoms with E-state index in [2.05, 4.69) is 39.5 Å². The fourth-order valence-electron chi connectivity index (χ4n) is 4.31. The molecule has 1 aromatic carbocycles. The van der Waals surface area contributed by atoms with Crippen LogP contribution in [0.25, 0.3) is 11.1 Å². The summed E-state index contributed by atoms with van der Waals surface area (Å²) in [6.07, 6.45) is 7.00. The summed E-state index contributed by atoms with van der Waals surface area (Å²) < 4.78 is 0. The van der Waals surface area contributed by atoms with Crippen LogP contribution in [0.15, 0.2) is 48.7 Å². The Kier molecular flexibility index (Phi) is 5.91. The highest BCUT2D eigenvalue weighted by atomic mass is 16.3. The molecule has 148 valence electrons.